The molecule has 0 radical (unpaired) electrons. The minimum atomic E-state index is -4.38. The van der Waals surface area contributed by atoms with Crippen molar-refractivity contribution in [1.29, 1.82) is 0 Å². The first kappa shape index (κ1) is 16.8. The molecule has 3 aromatic rings. The van der Waals surface area contributed by atoms with Crippen LogP contribution in [0.25, 0.3) is 16.8 Å². The van der Waals surface area contributed by atoms with E-state index in [1.54, 1.807) is 30.5 Å². The maximum atomic E-state index is 12.6. The lowest BCUT2D eigenvalue weighted by molar-refractivity contribution is -0.137. The third-order valence-corrected chi connectivity index (χ3v) is 4.00. The molecule has 0 bridgehead atoms. The van der Waals surface area contributed by atoms with Crippen molar-refractivity contribution in [1.82, 2.24) is 4.57 Å². The molecule has 3 rings (SSSR count). The summed E-state index contributed by atoms with van der Waals surface area (Å²) in [6, 6.07) is 13.1. The molecule has 0 aliphatic rings. The molecule has 0 aliphatic heterocycles. The zero-order chi connectivity index (χ0) is 18.2. The molecule has 0 fully saturated rings. The van der Waals surface area contributed by atoms with Crippen LogP contribution in [0.3, 0.4) is 0 Å². The van der Waals surface area contributed by atoms with Crippen LogP contribution >= 0.6 is 0 Å². The van der Waals surface area contributed by atoms with Gasteiger partial charge in [-0.2, -0.15) is 13.2 Å². The highest BCUT2D eigenvalue weighted by atomic mass is 19.4. The van der Waals surface area contributed by atoms with E-state index < -0.39 is 11.7 Å². The van der Waals surface area contributed by atoms with E-state index in [9.17, 15) is 18.0 Å². The number of anilines is 1. The lowest BCUT2D eigenvalue weighted by atomic mass is 10.0. The molecule has 128 valence electrons. The van der Waals surface area contributed by atoms with Crippen LogP contribution in [0.5, 0.6) is 0 Å². The maximum Gasteiger partial charge on any atom is 0.416 e. The second-order valence-corrected chi connectivity index (χ2v) is 5.74. The second-order valence-electron chi connectivity index (χ2n) is 5.74. The molecular weight excluding hydrogens is 329 g/mol. The summed E-state index contributed by atoms with van der Waals surface area (Å²) in [5.41, 5.74) is 8.06. The van der Waals surface area contributed by atoms with Gasteiger partial charge < -0.3 is 5.73 Å². The Kier molecular flexibility index (Phi) is 4.12. The Bertz CT molecular complexity index is 973. The fourth-order valence-electron chi connectivity index (χ4n) is 2.53. The Hall–Kier alpha value is -3.02. The number of halogens is 3. The summed E-state index contributed by atoms with van der Waals surface area (Å²) in [5, 5.41) is 0. The summed E-state index contributed by atoms with van der Waals surface area (Å²) >= 11 is 0. The fraction of sp³-hybridized carbons (Fsp3) is 0.105. The van der Waals surface area contributed by atoms with Gasteiger partial charge in [0.15, 0.2) is 0 Å². The highest BCUT2D eigenvalue weighted by Gasteiger charge is 2.29. The van der Waals surface area contributed by atoms with Gasteiger partial charge in [-0.05, 0) is 60.0 Å². The molecule has 0 spiro atoms. The van der Waals surface area contributed by atoms with Gasteiger partial charge in [-0.25, -0.2) is 0 Å². The fourth-order valence-corrected chi connectivity index (χ4v) is 2.53. The zero-order valence-electron chi connectivity index (χ0n) is 13.3. The van der Waals surface area contributed by atoms with Crippen LogP contribution in [0.2, 0.25) is 0 Å². The summed E-state index contributed by atoms with van der Waals surface area (Å²) in [5.74, 6) is 0. The zero-order valence-corrected chi connectivity index (χ0v) is 13.3. The van der Waals surface area contributed by atoms with Gasteiger partial charge in [-0.3, -0.25) is 9.36 Å². The van der Waals surface area contributed by atoms with Gasteiger partial charge in [0.2, 0.25) is 0 Å². The SMILES string of the molecule is Cc1cc(-n2ccc(-c3ccc(C(F)(F)F)cc3)cc2=O)ccc1N. The second kappa shape index (κ2) is 6.12. The molecule has 0 amide bonds. The number of pyridine rings is 1. The number of nitrogens with zero attached hydrogens (tertiary/aromatic N) is 1. The number of nitrogens with two attached hydrogens (primary N) is 1. The van der Waals surface area contributed by atoms with Gasteiger partial charge in [0.1, 0.15) is 0 Å². The quantitative estimate of drug-likeness (QED) is 0.700. The van der Waals surface area contributed by atoms with Crippen molar-refractivity contribution in [2.45, 2.75) is 13.1 Å². The number of aromatic nitrogens is 1. The van der Waals surface area contributed by atoms with Crippen LogP contribution in [0, 0.1) is 6.92 Å². The number of hydrogen-bond acceptors (Lipinski definition) is 2. The topological polar surface area (TPSA) is 48.0 Å². The molecule has 1 aromatic heterocycles. The number of hydrogen-bond donors (Lipinski definition) is 1. The minimum absolute atomic E-state index is 0.276. The van der Waals surface area contributed by atoms with Crippen molar-refractivity contribution >= 4 is 5.69 Å². The Morgan fingerprint density at radius 1 is 0.920 bits per heavy atom. The van der Waals surface area contributed by atoms with Gasteiger partial charge in [0.05, 0.1) is 5.56 Å². The molecule has 3 nitrogen and oxygen atoms in total. The molecule has 2 aromatic carbocycles. The Balaban J connectivity index is 1.97. The van der Waals surface area contributed by atoms with Crippen LogP contribution in [-0.2, 0) is 6.18 Å². The first-order valence-electron chi connectivity index (χ1n) is 7.52. The normalized spacial score (nSPS) is 11.5. The van der Waals surface area contributed by atoms with Gasteiger partial charge in [-0.15, -0.1) is 0 Å². The molecule has 25 heavy (non-hydrogen) atoms. The molecule has 2 N–H and O–H groups in total. The van der Waals surface area contributed by atoms with Crippen molar-refractivity contribution in [2.75, 3.05) is 5.73 Å². The summed E-state index contributed by atoms with van der Waals surface area (Å²) in [6.07, 6.45) is -2.78. The Labute approximate surface area is 142 Å². The number of benzene rings is 2. The molecule has 0 saturated carbocycles. The van der Waals surface area contributed by atoms with Crippen LogP contribution in [-0.4, -0.2) is 4.57 Å². The average Bonchev–Trinajstić information content (AvgIpc) is 2.57. The lowest BCUT2D eigenvalue weighted by Gasteiger charge is -2.10. The summed E-state index contributed by atoms with van der Waals surface area (Å²) in [7, 11) is 0. The first-order valence-corrected chi connectivity index (χ1v) is 7.52. The van der Waals surface area contributed by atoms with E-state index in [4.69, 9.17) is 5.73 Å². The predicted molar refractivity (Wildman–Crippen MR) is 91.6 cm³/mol. The summed E-state index contributed by atoms with van der Waals surface area (Å²) in [4.78, 5) is 12.4. The molecule has 6 heteroatoms. The average molecular weight is 344 g/mol. The minimum Gasteiger partial charge on any atom is -0.399 e. The highest BCUT2D eigenvalue weighted by molar-refractivity contribution is 5.63. The number of alkyl halides is 3. The van der Waals surface area contributed by atoms with E-state index in [2.05, 4.69) is 0 Å². The largest absolute Gasteiger partial charge is 0.416 e. The van der Waals surface area contributed by atoms with E-state index in [0.717, 1.165) is 17.7 Å². The van der Waals surface area contributed by atoms with Crippen molar-refractivity contribution in [2.24, 2.45) is 0 Å². The standard InChI is InChI=1S/C19H15F3N2O/c1-12-10-16(6-7-17(12)23)24-9-8-14(11-18(24)25)13-2-4-15(5-3-13)19(20,21)22/h2-11H,23H2,1H3. The van der Waals surface area contributed by atoms with Gasteiger partial charge in [0.25, 0.3) is 5.56 Å². The van der Waals surface area contributed by atoms with E-state index in [-0.39, 0.29) is 5.56 Å². The maximum absolute atomic E-state index is 12.6. The third kappa shape index (κ3) is 3.42. The van der Waals surface area contributed by atoms with Crippen LogP contribution in [0.15, 0.2) is 65.6 Å². The van der Waals surface area contributed by atoms with Crippen LogP contribution < -0.4 is 11.3 Å². The van der Waals surface area contributed by atoms with E-state index >= 15 is 0 Å². The molecule has 0 atom stereocenters. The van der Waals surface area contributed by atoms with Crippen molar-refractivity contribution in [3.05, 3.63) is 82.3 Å². The number of rotatable bonds is 2. The van der Waals surface area contributed by atoms with E-state index in [1.807, 2.05) is 6.92 Å². The number of aryl methyl sites for hydroxylation is 1. The monoisotopic (exact) mass is 344 g/mol. The lowest BCUT2D eigenvalue weighted by Crippen LogP contribution is -2.16. The third-order valence-electron chi connectivity index (χ3n) is 4.00. The molecular formula is C19H15F3N2O. The van der Waals surface area contributed by atoms with Crippen molar-refractivity contribution in [3.63, 3.8) is 0 Å². The Morgan fingerprint density at radius 3 is 2.16 bits per heavy atom. The predicted octanol–water partition coefficient (Wildman–Crippen LogP) is 4.41. The van der Waals surface area contributed by atoms with Gasteiger partial charge in [0, 0.05) is 23.6 Å². The highest BCUT2D eigenvalue weighted by Crippen LogP contribution is 2.30. The summed E-state index contributed by atoms with van der Waals surface area (Å²) in [6.45, 7) is 1.85. The molecule has 1 heterocycles. The van der Waals surface area contributed by atoms with Gasteiger partial charge >= 0.3 is 6.18 Å². The van der Waals surface area contributed by atoms with Crippen LogP contribution in [0.1, 0.15) is 11.1 Å². The van der Waals surface area contributed by atoms with Gasteiger partial charge in [-0.1, -0.05) is 12.1 Å². The van der Waals surface area contributed by atoms with Crippen molar-refractivity contribution < 1.29 is 13.2 Å². The molecule has 0 saturated heterocycles. The molecule has 0 aliphatic carbocycles. The number of nitrogen functional groups attached to an aromatic ring is 1. The Morgan fingerprint density at radius 2 is 1.60 bits per heavy atom. The van der Waals surface area contributed by atoms with Crippen LogP contribution in [0.4, 0.5) is 18.9 Å². The molecule has 0 unspecified atom stereocenters. The summed E-state index contributed by atoms with van der Waals surface area (Å²) < 4.78 is 39.3. The van der Waals surface area contributed by atoms with Crippen molar-refractivity contribution in [3.8, 4) is 16.8 Å². The van der Waals surface area contributed by atoms with E-state index in [1.165, 1.54) is 22.8 Å². The first-order chi connectivity index (χ1) is 11.8. The smallest absolute Gasteiger partial charge is 0.399 e. The van der Waals surface area contributed by atoms with E-state index in [0.29, 0.717) is 22.5 Å².